The molecule has 4 fully saturated rings. The van der Waals surface area contributed by atoms with E-state index in [-0.39, 0.29) is 59.5 Å². The number of carboxylic acid groups (broad SMARTS) is 1. The van der Waals surface area contributed by atoms with Crippen LogP contribution in [0.3, 0.4) is 0 Å². The number of aromatic nitrogens is 4. The summed E-state index contributed by atoms with van der Waals surface area (Å²) < 4.78 is 168. The van der Waals surface area contributed by atoms with Crippen molar-refractivity contribution in [2.75, 3.05) is 126 Å². The van der Waals surface area contributed by atoms with Crippen LogP contribution in [-0.2, 0) is 39.0 Å². The molecule has 8 aromatic rings. The minimum absolute atomic E-state index is 0. The zero-order valence-electron chi connectivity index (χ0n) is 69.8. The van der Waals surface area contributed by atoms with Gasteiger partial charge in [0.05, 0.1) is 50.9 Å². The van der Waals surface area contributed by atoms with E-state index in [4.69, 9.17) is 20.3 Å². The molecule has 12 rings (SSSR count). The van der Waals surface area contributed by atoms with Gasteiger partial charge in [-0.25, -0.2) is 9.59 Å². The second-order valence-electron chi connectivity index (χ2n) is 31.8. The number of likely N-dealkylation sites (N-methyl/N-ethyl adjacent to an activating group) is 1. The lowest BCUT2D eigenvalue weighted by atomic mass is 9.91. The molecule has 4 saturated heterocycles. The average Bonchev–Trinajstić information content (AvgIpc) is 0.770. The highest BCUT2D eigenvalue weighted by molar-refractivity contribution is 9.10. The lowest BCUT2D eigenvalue weighted by Crippen LogP contribution is -2.40. The van der Waals surface area contributed by atoms with Crippen LogP contribution in [-0.4, -0.2) is 176 Å². The Morgan fingerprint density at radius 3 is 1.12 bits per heavy atom. The summed E-state index contributed by atoms with van der Waals surface area (Å²) in [4.78, 5) is 59.5. The van der Waals surface area contributed by atoms with Crippen molar-refractivity contribution in [3.05, 3.63) is 149 Å². The van der Waals surface area contributed by atoms with Gasteiger partial charge < -0.3 is 55.9 Å². The number of aliphatic carboxylic acids is 1. The number of alkyl carbamates (subject to hydrolysis) is 2. The number of unbranched alkanes of at least 4 members (excludes halogenated alkanes) is 1. The predicted molar refractivity (Wildman–Crippen MR) is 460 cm³/mol. The molecule has 4 aromatic carbocycles. The van der Waals surface area contributed by atoms with Gasteiger partial charge in [0.15, 0.2) is 0 Å². The molecule has 4 aliphatic heterocycles. The molecule has 0 spiro atoms. The van der Waals surface area contributed by atoms with Crippen LogP contribution in [0.1, 0.15) is 155 Å². The van der Waals surface area contributed by atoms with Gasteiger partial charge in [-0.15, -0.1) is 24.8 Å². The minimum atomic E-state index is -4.44. The van der Waals surface area contributed by atoms with Crippen molar-refractivity contribution in [2.24, 2.45) is 29.4 Å². The van der Waals surface area contributed by atoms with Crippen molar-refractivity contribution in [3.8, 4) is 0 Å². The Morgan fingerprint density at radius 2 is 0.808 bits per heavy atom. The van der Waals surface area contributed by atoms with Crippen LogP contribution in [0.15, 0.2) is 126 Å². The second-order valence-corrected chi connectivity index (χ2v) is 32.7. The molecule has 4 aliphatic rings. The van der Waals surface area contributed by atoms with Gasteiger partial charge in [-0.05, 0) is 267 Å². The molecule has 0 atom stereocenters. The summed E-state index contributed by atoms with van der Waals surface area (Å²) in [5.74, 6) is 1.36. The Kier molecular flexibility index (Phi) is 40.7. The smallest absolute Gasteiger partial charge is 0.418 e. The largest absolute Gasteiger partial charge is 0.480 e. The van der Waals surface area contributed by atoms with Gasteiger partial charge in [0, 0.05) is 120 Å². The monoisotopic (exact) mass is 1800 g/mol. The summed E-state index contributed by atoms with van der Waals surface area (Å²) >= 11 is 3.19. The van der Waals surface area contributed by atoms with E-state index in [0.29, 0.717) is 70.0 Å². The van der Waals surface area contributed by atoms with Crippen LogP contribution in [0.25, 0.3) is 43.6 Å². The summed E-state index contributed by atoms with van der Waals surface area (Å²) in [5, 5.41) is 19.2. The van der Waals surface area contributed by atoms with Gasteiger partial charge in [0.2, 0.25) is 0 Å². The highest BCUT2D eigenvalue weighted by atomic mass is 79.9. The molecule has 4 aromatic heterocycles. The number of ether oxygens (including phenoxy) is 2. The third kappa shape index (κ3) is 32.3. The summed E-state index contributed by atoms with van der Waals surface area (Å²) in [6, 6.07) is 24.0. The highest BCUT2D eigenvalue weighted by Gasteiger charge is 2.38. The Labute approximate surface area is 716 Å². The van der Waals surface area contributed by atoms with Crippen LogP contribution in [0.4, 0.5) is 79.3 Å². The van der Waals surface area contributed by atoms with Gasteiger partial charge in [0.1, 0.15) is 11.2 Å². The number of nitrogens with zero attached hydrogens (tertiary/aromatic N) is 9. The summed E-state index contributed by atoms with van der Waals surface area (Å²) in [6.45, 7) is 30.6. The van der Waals surface area contributed by atoms with Crippen molar-refractivity contribution < 1.29 is 81.6 Å². The van der Waals surface area contributed by atoms with E-state index in [1.807, 2.05) is 48.5 Å². The number of carbonyl (C=O) groups is 3. The molecule has 666 valence electrons. The van der Waals surface area contributed by atoms with Crippen molar-refractivity contribution in [1.82, 2.24) is 45.7 Å². The van der Waals surface area contributed by atoms with Crippen LogP contribution < -0.4 is 36.4 Å². The Balaban J connectivity index is 0.000000265. The molecule has 0 radical (unpaired) electrons. The molecule has 120 heavy (non-hydrogen) atoms. The number of pyridine rings is 4. The number of piperidine rings is 4. The molecule has 19 nitrogen and oxygen atoms in total. The molecular formula is C86H116BrCl2F12N13O6. The second kappa shape index (κ2) is 47.6. The van der Waals surface area contributed by atoms with Crippen molar-refractivity contribution in [3.63, 3.8) is 0 Å². The zero-order valence-corrected chi connectivity index (χ0v) is 73.0. The van der Waals surface area contributed by atoms with E-state index in [2.05, 4.69) is 85.3 Å². The summed E-state index contributed by atoms with van der Waals surface area (Å²) in [5.41, 5.74) is 4.49. The van der Waals surface area contributed by atoms with Gasteiger partial charge >= 0.3 is 42.9 Å². The van der Waals surface area contributed by atoms with Crippen LogP contribution >= 0.6 is 40.7 Å². The zero-order chi connectivity index (χ0) is 86.8. The third-order valence-corrected chi connectivity index (χ3v) is 21.6. The number of rotatable bonds is 18. The number of benzene rings is 4. The van der Waals surface area contributed by atoms with E-state index in [0.717, 1.165) is 158 Å². The van der Waals surface area contributed by atoms with E-state index in [1.54, 1.807) is 72.6 Å². The number of carboxylic acids is 1. The number of anilines is 3. The molecule has 34 heteroatoms. The summed E-state index contributed by atoms with van der Waals surface area (Å²) in [6.07, 6.45) is -0.895. The van der Waals surface area contributed by atoms with Crippen molar-refractivity contribution in [1.29, 1.82) is 0 Å². The maximum absolute atomic E-state index is 13.3. The van der Waals surface area contributed by atoms with Gasteiger partial charge in [-0.1, -0.05) is 55.6 Å². The topological polar surface area (TPSA) is 220 Å². The SMILES string of the molecule is CC(C)(C)OC(=O)NCC1CCN(c2ccc(C(F)(F)F)c3ncccc23)CC1.CC(C)(C)OC(=O)NCC1CCNCC1.CCN(C)CC(=O)O.CCN(CC)CCCCC1CCN(c2ccc(C(F)(F)F)c3ncccc23)CC1.Cl.Cl.FC(F)(F)c1ccc(Br)c2cccnc12.NCC1CCN(c2ccc(C(F)(F)F)c3ncccc23)CC1. The first-order valence-corrected chi connectivity index (χ1v) is 41.1. The van der Waals surface area contributed by atoms with Gasteiger partial charge in [-0.2, -0.15) is 52.7 Å². The molecule has 8 heterocycles. The molecular weight excluding hydrogens is 1690 g/mol. The van der Waals surface area contributed by atoms with E-state index < -0.39 is 70.2 Å². The molecule has 0 bridgehead atoms. The number of fused-ring (bicyclic) bond motifs is 4. The highest BCUT2D eigenvalue weighted by Crippen LogP contribution is 2.43. The average molecular weight is 1810 g/mol. The lowest BCUT2D eigenvalue weighted by molar-refractivity contribution is -0.138. The molecule has 0 aliphatic carbocycles. The fourth-order valence-corrected chi connectivity index (χ4v) is 14.9. The Morgan fingerprint density at radius 1 is 0.483 bits per heavy atom. The summed E-state index contributed by atoms with van der Waals surface area (Å²) in [7, 11) is 1.77. The van der Waals surface area contributed by atoms with E-state index >= 15 is 0 Å². The van der Waals surface area contributed by atoms with Crippen molar-refractivity contribution >= 4 is 120 Å². The quantitative estimate of drug-likeness (QED) is 0.0398. The normalized spacial score (nSPS) is 15.4. The maximum Gasteiger partial charge on any atom is 0.418 e. The fraction of sp³-hybridized carbons (Fsp3) is 0.547. The Bertz CT molecular complexity index is 4470. The third-order valence-electron chi connectivity index (χ3n) is 20.9. The minimum Gasteiger partial charge on any atom is -0.480 e. The standard InChI is InChI=1S/C23H32F3N3.C21H26F3N3O2.C16H18F3N3.C11H22N2O2.C10H5BrF3N.C5H11NO2.2ClH/c1-3-28(4-2)15-6-5-8-18-12-16-29(17-13-18)21-11-10-20(23(24,25)26)22-19(21)9-7-14-27-22;1-20(2,3)29-19(28)26-13-14-8-11-27(12-9-14)17-7-6-16(21(22,23)24)18-15(17)5-4-10-25-18;17-16(18,19)13-3-4-14(12-2-1-7-21-15(12)13)22-8-5-11(10-20)6-9-22;1-11(2,3)15-10(14)13-8-9-4-6-12-7-5-9;11-8-4-3-7(10(12,13)14)9-6(8)2-1-5-15-9;1-3-6(2)4-5(7)8;;/h7,9-11,14,18H,3-6,8,12-13,15-17H2,1-2H3;4-7,10,14H,8-9,11-13H2,1-3H3,(H,26,28);1-4,7,11H,5-6,8-10,20H2;9,12H,4-8H2,1-3H3,(H,13,14);1-5H;3-4H2,1-2H3,(H,7,8);2*1H. The van der Waals surface area contributed by atoms with Gasteiger partial charge in [0.25, 0.3) is 0 Å². The number of nitrogens with two attached hydrogens (primary N) is 1. The molecule has 0 saturated carbocycles. The maximum atomic E-state index is 13.3. The fourth-order valence-electron chi connectivity index (χ4n) is 14.4. The number of hydrogen-bond acceptors (Lipinski definition) is 16. The molecule has 2 amide bonds. The first-order valence-electron chi connectivity index (χ1n) is 40.3. The van der Waals surface area contributed by atoms with Crippen LogP contribution in [0, 0.1) is 23.7 Å². The number of carbonyl (C=O) groups excluding carboxylic acids is 2. The number of nitrogens with one attached hydrogen (secondary N) is 3. The van der Waals surface area contributed by atoms with E-state index in [9.17, 15) is 67.1 Å². The molecule has 6 N–H and O–H groups in total. The number of amides is 2. The van der Waals surface area contributed by atoms with Crippen LogP contribution in [0.5, 0.6) is 0 Å². The number of hydrogen-bond donors (Lipinski definition) is 5. The number of alkyl halides is 12. The molecule has 0 unspecified atom stereocenters. The van der Waals surface area contributed by atoms with E-state index in [1.165, 1.54) is 68.8 Å². The van der Waals surface area contributed by atoms with Gasteiger partial charge in [-0.3, -0.25) is 29.6 Å². The Hall–Kier alpha value is -8.01. The van der Waals surface area contributed by atoms with Crippen LogP contribution in [0.2, 0.25) is 0 Å². The van der Waals surface area contributed by atoms with Crippen molar-refractivity contribution in [2.45, 2.75) is 169 Å². The first-order chi connectivity index (χ1) is 55.6. The lowest BCUT2D eigenvalue weighted by Gasteiger charge is -2.34. The first kappa shape index (κ1) is 103. The number of halogens is 15. The predicted octanol–water partition coefficient (Wildman–Crippen LogP) is 20.8.